The molecule has 1 aromatic carbocycles. The Labute approximate surface area is 113 Å². The predicted octanol–water partition coefficient (Wildman–Crippen LogP) is -0.345. The van der Waals surface area contributed by atoms with Crippen molar-refractivity contribution in [1.82, 2.24) is 0 Å². The lowest BCUT2D eigenvalue weighted by Crippen LogP contribution is -2.68. The smallest absolute Gasteiger partial charge is 0.222 e. The second-order valence-electron chi connectivity index (χ2n) is 2.68. The van der Waals surface area contributed by atoms with Crippen LogP contribution in [0.15, 0.2) is 35.7 Å². The SMILES string of the molecule is Clc1sc(-c2ccccc2)c[s+]1.[O-][Cl+3]([O-])([O-])[O-]. The highest BCUT2D eigenvalue weighted by Crippen LogP contribution is 2.34. The van der Waals surface area contributed by atoms with Gasteiger partial charge in [-0.15, -0.1) is 10.2 Å². The van der Waals surface area contributed by atoms with E-state index in [2.05, 4.69) is 17.5 Å². The van der Waals surface area contributed by atoms with Gasteiger partial charge in [-0.1, -0.05) is 30.3 Å². The first kappa shape index (κ1) is 14.7. The summed E-state index contributed by atoms with van der Waals surface area (Å²) in [6.45, 7) is 0. The molecule has 2 rings (SSSR count). The highest BCUT2D eigenvalue weighted by molar-refractivity contribution is 7.37. The molecule has 0 saturated heterocycles. The molecule has 0 aliphatic rings. The maximum Gasteiger partial charge on any atom is 0.347 e. The van der Waals surface area contributed by atoms with E-state index in [1.54, 1.807) is 22.7 Å². The van der Waals surface area contributed by atoms with Gasteiger partial charge in [-0.3, -0.25) is 0 Å². The third-order valence-corrected chi connectivity index (χ3v) is 3.97. The fraction of sp³-hybridized carbons (Fsp3) is 0. The van der Waals surface area contributed by atoms with Gasteiger partial charge in [0.15, 0.2) is 4.88 Å². The first-order chi connectivity index (χ1) is 7.86. The average Bonchev–Trinajstić information content (AvgIpc) is 2.64. The van der Waals surface area contributed by atoms with E-state index in [-0.39, 0.29) is 0 Å². The highest BCUT2D eigenvalue weighted by atomic mass is 35.7. The van der Waals surface area contributed by atoms with Crippen molar-refractivity contribution in [3.8, 4) is 10.4 Å². The van der Waals surface area contributed by atoms with Crippen molar-refractivity contribution in [2.24, 2.45) is 0 Å². The third-order valence-electron chi connectivity index (χ3n) is 1.51. The van der Waals surface area contributed by atoms with Crippen molar-refractivity contribution >= 4 is 34.3 Å². The number of rotatable bonds is 1. The summed E-state index contributed by atoms with van der Waals surface area (Å²) in [4.78, 5) is 1.24. The lowest BCUT2D eigenvalue weighted by Gasteiger charge is -2.17. The Morgan fingerprint density at radius 3 is 2.00 bits per heavy atom. The van der Waals surface area contributed by atoms with Crippen molar-refractivity contribution < 1.29 is 28.9 Å². The van der Waals surface area contributed by atoms with Crippen LogP contribution in [0, 0.1) is 10.2 Å². The summed E-state index contributed by atoms with van der Waals surface area (Å²) in [6.07, 6.45) is 0. The Kier molecular flexibility index (Phi) is 5.71. The van der Waals surface area contributed by atoms with E-state index in [4.69, 9.17) is 30.2 Å². The third kappa shape index (κ3) is 6.87. The molecule has 8 heteroatoms. The second-order valence-corrected chi connectivity index (χ2v) is 6.46. The molecule has 0 N–H and O–H groups in total. The Bertz CT molecular complexity index is 450. The Balaban J connectivity index is 0.000000249. The lowest BCUT2D eigenvalue weighted by molar-refractivity contribution is -2.00. The van der Waals surface area contributed by atoms with Crippen molar-refractivity contribution in [1.29, 1.82) is 0 Å². The topological polar surface area (TPSA) is 92.2 Å². The van der Waals surface area contributed by atoms with Crippen LogP contribution in [-0.2, 0) is 0 Å². The minimum atomic E-state index is -4.94. The standard InChI is InChI=1S/C9H6ClS2.ClHO4/c10-9-11-6-8(12-9)7-4-2-1-3-5-7;2-1(3,4)5/h1-6H;(H,2,3,4,5)/q+1;/p-1. The van der Waals surface area contributed by atoms with E-state index in [0.717, 1.165) is 3.65 Å². The molecule has 92 valence electrons. The zero-order valence-corrected chi connectivity index (χ0v) is 11.3. The van der Waals surface area contributed by atoms with E-state index in [0.29, 0.717) is 0 Å². The van der Waals surface area contributed by atoms with E-state index in [9.17, 15) is 0 Å². The molecular weight excluding hydrogens is 307 g/mol. The Morgan fingerprint density at radius 1 is 1.06 bits per heavy atom. The zero-order chi connectivity index (χ0) is 12.9. The van der Waals surface area contributed by atoms with Gasteiger partial charge in [-0.2, -0.15) is 0 Å². The zero-order valence-electron chi connectivity index (χ0n) is 8.17. The number of hydrogen-bond donors (Lipinski definition) is 0. The highest BCUT2D eigenvalue weighted by Gasteiger charge is 2.12. The second kappa shape index (κ2) is 6.58. The van der Waals surface area contributed by atoms with Gasteiger partial charge in [0.25, 0.3) is 0 Å². The summed E-state index contributed by atoms with van der Waals surface area (Å²) in [5, 5.41) is 2.09. The van der Waals surface area contributed by atoms with Crippen molar-refractivity contribution in [3.63, 3.8) is 0 Å². The Morgan fingerprint density at radius 2 is 1.59 bits per heavy atom. The molecule has 1 heterocycles. The fourth-order valence-corrected chi connectivity index (χ4v) is 3.05. The van der Waals surface area contributed by atoms with Gasteiger partial charge in [0.05, 0.1) is 11.3 Å². The summed E-state index contributed by atoms with van der Waals surface area (Å²) < 4.78 is 34.9. The summed E-state index contributed by atoms with van der Waals surface area (Å²) in [6, 6.07) is 10.3. The molecule has 0 aliphatic carbocycles. The molecule has 0 bridgehead atoms. The molecule has 17 heavy (non-hydrogen) atoms. The summed E-state index contributed by atoms with van der Waals surface area (Å²) in [5.41, 5.74) is 1.24. The first-order valence-electron chi connectivity index (χ1n) is 4.10. The minimum absolute atomic E-state index is 0.883. The molecule has 1 aromatic heterocycles. The van der Waals surface area contributed by atoms with Crippen LogP contribution in [0.3, 0.4) is 0 Å². The van der Waals surface area contributed by atoms with Gasteiger partial charge in [-0.05, 0) is 11.6 Å². The van der Waals surface area contributed by atoms with Crippen LogP contribution in [-0.4, -0.2) is 0 Å². The molecule has 0 saturated carbocycles. The number of halogens is 2. The molecule has 2 aromatic rings. The molecule has 0 radical (unpaired) electrons. The fourth-order valence-electron chi connectivity index (χ4n) is 0.964. The summed E-state index contributed by atoms with van der Waals surface area (Å²) in [7, 11) is -4.94. The predicted molar refractivity (Wildman–Crippen MR) is 57.0 cm³/mol. The molecule has 0 spiro atoms. The van der Waals surface area contributed by atoms with Crippen molar-refractivity contribution in [2.45, 2.75) is 0 Å². The normalized spacial score (nSPS) is 10.6. The molecule has 0 atom stereocenters. The lowest BCUT2D eigenvalue weighted by atomic mass is 10.2. The molecular formula is C9H6Cl2O4S2. The van der Waals surface area contributed by atoms with E-state index < -0.39 is 10.2 Å². The molecule has 0 aliphatic heterocycles. The maximum absolute atomic E-state index is 8.49. The van der Waals surface area contributed by atoms with Crippen LogP contribution in [0.25, 0.3) is 10.4 Å². The number of benzene rings is 1. The quantitative estimate of drug-likeness (QED) is 0.673. The monoisotopic (exact) mass is 312 g/mol. The van der Waals surface area contributed by atoms with E-state index >= 15 is 0 Å². The average molecular weight is 313 g/mol. The molecule has 0 fully saturated rings. The van der Waals surface area contributed by atoms with Crippen LogP contribution in [0.4, 0.5) is 0 Å². The first-order valence-corrected chi connectivity index (χ1v) is 7.41. The van der Waals surface area contributed by atoms with Crippen LogP contribution in [0.5, 0.6) is 0 Å². The summed E-state index contributed by atoms with van der Waals surface area (Å²) in [5.74, 6) is 0. The van der Waals surface area contributed by atoms with E-state index in [1.807, 2.05) is 18.2 Å². The minimum Gasteiger partial charge on any atom is -0.222 e. The number of hydrogen-bond acceptors (Lipinski definition) is 5. The van der Waals surface area contributed by atoms with Crippen molar-refractivity contribution in [2.75, 3.05) is 0 Å². The van der Waals surface area contributed by atoms with Gasteiger partial charge in [0, 0.05) is 5.56 Å². The largest absolute Gasteiger partial charge is 0.347 e. The van der Waals surface area contributed by atoms with Crippen LogP contribution < -0.4 is 18.6 Å². The van der Waals surface area contributed by atoms with Crippen molar-refractivity contribution in [3.05, 3.63) is 39.4 Å². The Hall–Kier alpha value is -0.310. The maximum atomic E-state index is 8.49. The van der Waals surface area contributed by atoms with Gasteiger partial charge in [0.1, 0.15) is 16.7 Å². The molecule has 0 amide bonds. The van der Waals surface area contributed by atoms with Crippen LogP contribution in [0.2, 0.25) is 3.65 Å². The van der Waals surface area contributed by atoms with E-state index in [1.165, 1.54) is 10.4 Å². The van der Waals surface area contributed by atoms with Crippen LogP contribution >= 0.6 is 34.3 Å². The van der Waals surface area contributed by atoms with Gasteiger partial charge >= 0.3 is 3.65 Å². The molecule has 4 nitrogen and oxygen atoms in total. The van der Waals surface area contributed by atoms with Gasteiger partial charge in [0.2, 0.25) is 0 Å². The van der Waals surface area contributed by atoms with Gasteiger partial charge < -0.3 is 0 Å². The van der Waals surface area contributed by atoms with Gasteiger partial charge in [-0.25, -0.2) is 18.6 Å². The summed E-state index contributed by atoms with van der Waals surface area (Å²) >= 11 is 9.06. The molecule has 0 unspecified atom stereocenters. The van der Waals surface area contributed by atoms with Crippen LogP contribution in [0.1, 0.15) is 0 Å².